The van der Waals surface area contributed by atoms with Crippen LogP contribution < -0.4 is 20.3 Å². The standard InChI is InChI=1S/C26H37N5O4/c1-4-34-24-11-6-5-10-23(24)28-26(33)35-19-18-30-14-16-31(17-15-30)22-9-7-8-21(20-22)25(32)27-12-13-29(2)3/h5-11,20H,4,12-19H2,1-3H3,(H,27,32)(H,28,33). The lowest BCUT2D eigenvalue weighted by Crippen LogP contribution is -2.47. The zero-order valence-corrected chi connectivity index (χ0v) is 21.0. The van der Waals surface area contributed by atoms with E-state index in [2.05, 4.69) is 20.4 Å². The van der Waals surface area contributed by atoms with Crippen LogP contribution in [-0.2, 0) is 4.74 Å². The molecule has 9 nitrogen and oxygen atoms in total. The maximum atomic E-state index is 12.4. The van der Waals surface area contributed by atoms with Crippen LogP contribution in [0.2, 0.25) is 0 Å². The summed E-state index contributed by atoms with van der Waals surface area (Å²) in [5.74, 6) is 0.574. The molecule has 0 unspecified atom stereocenters. The summed E-state index contributed by atoms with van der Waals surface area (Å²) in [5, 5.41) is 5.71. The third-order valence-electron chi connectivity index (χ3n) is 5.75. The molecule has 3 rings (SSSR count). The van der Waals surface area contributed by atoms with Gasteiger partial charge in [-0.05, 0) is 51.4 Å². The van der Waals surface area contributed by atoms with Gasteiger partial charge in [-0.2, -0.15) is 0 Å². The Morgan fingerprint density at radius 2 is 1.80 bits per heavy atom. The lowest BCUT2D eigenvalue weighted by Gasteiger charge is -2.36. The molecular weight excluding hydrogens is 446 g/mol. The molecule has 1 saturated heterocycles. The molecule has 1 aliphatic heterocycles. The lowest BCUT2D eigenvalue weighted by molar-refractivity contribution is 0.0951. The normalized spacial score (nSPS) is 14.0. The smallest absolute Gasteiger partial charge is 0.411 e. The highest BCUT2D eigenvalue weighted by Crippen LogP contribution is 2.23. The molecule has 0 aromatic heterocycles. The van der Waals surface area contributed by atoms with Gasteiger partial charge in [-0.15, -0.1) is 0 Å². The first-order valence-corrected chi connectivity index (χ1v) is 12.1. The van der Waals surface area contributed by atoms with Crippen molar-refractivity contribution < 1.29 is 19.1 Å². The van der Waals surface area contributed by atoms with Crippen LogP contribution in [0.4, 0.5) is 16.2 Å². The van der Waals surface area contributed by atoms with E-state index in [4.69, 9.17) is 9.47 Å². The second kappa shape index (κ2) is 13.6. The average Bonchev–Trinajstić information content (AvgIpc) is 2.85. The predicted molar refractivity (Wildman–Crippen MR) is 139 cm³/mol. The molecule has 0 atom stereocenters. The summed E-state index contributed by atoms with van der Waals surface area (Å²) in [5.41, 5.74) is 2.32. The Morgan fingerprint density at radius 1 is 1.03 bits per heavy atom. The van der Waals surface area contributed by atoms with Gasteiger partial charge >= 0.3 is 6.09 Å². The molecule has 1 heterocycles. The summed E-state index contributed by atoms with van der Waals surface area (Å²) in [6, 6.07) is 15.1. The van der Waals surface area contributed by atoms with Gasteiger partial charge in [-0.1, -0.05) is 18.2 Å². The van der Waals surface area contributed by atoms with E-state index in [9.17, 15) is 9.59 Å². The molecule has 0 bridgehead atoms. The van der Waals surface area contributed by atoms with Crippen molar-refractivity contribution in [2.45, 2.75) is 6.92 Å². The third kappa shape index (κ3) is 8.45. The first-order valence-electron chi connectivity index (χ1n) is 12.1. The lowest BCUT2D eigenvalue weighted by atomic mass is 10.1. The molecule has 0 aliphatic carbocycles. The van der Waals surface area contributed by atoms with Gasteiger partial charge in [0.1, 0.15) is 12.4 Å². The fraction of sp³-hybridized carbons (Fsp3) is 0.462. The van der Waals surface area contributed by atoms with Crippen LogP contribution in [0, 0.1) is 0 Å². The number of hydrogen-bond donors (Lipinski definition) is 2. The summed E-state index contributed by atoms with van der Waals surface area (Å²) in [6.45, 7) is 8.24. The molecule has 1 aliphatic rings. The van der Waals surface area contributed by atoms with Crippen LogP contribution in [0.25, 0.3) is 0 Å². The van der Waals surface area contributed by atoms with Crippen molar-refractivity contribution in [1.29, 1.82) is 0 Å². The van der Waals surface area contributed by atoms with Crippen molar-refractivity contribution in [2.24, 2.45) is 0 Å². The van der Waals surface area contributed by atoms with Crippen LogP contribution >= 0.6 is 0 Å². The Morgan fingerprint density at radius 3 is 2.54 bits per heavy atom. The number of benzene rings is 2. The van der Waals surface area contributed by atoms with Gasteiger partial charge in [0.05, 0.1) is 12.3 Å². The molecule has 2 N–H and O–H groups in total. The van der Waals surface area contributed by atoms with Crippen LogP contribution in [0.5, 0.6) is 5.75 Å². The van der Waals surface area contributed by atoms with Crippen molar-refractivity contribution >= 4 is 23.4 Å². The van der Waals surface area contributed by atoms with Crippen molar-refractivity contribution in [2.75, 3.05) is 83.3 Å². The Bertz CT molecular complexity index is 960. The minimum absolute atomic E-state index is 0.0494. The van der Waals surface area contributed by atoms with Crippen molar-refractivity contribution in [3.8, 4) is 5.75 Å². The molecule has 1 fully saturated rings. The number of carbonyl (C=O) groups excluding carboxylic acids is 2. The first kappa shape index (κ1) is 26.3. The van der Waals surface area contributed by atoms with Crippen molar-refractivity contribution in [3.63, 3.8) is 0 Å². The monoisotopic (exact) mass is 483 g/mol. The van der Waals surface area contributed by atoms with E-state index in [1.807, 2.05) is 68.4 Å². The summed E-state index contributed by atoms with van der Waals surface area (Å²) < 4.78 is 10.9. The number of piperazine rings is 1. The molecular formula is C26H37N5O4. The number of likely N-dealkylation sites (N-methyl/N-ethyl adjacent to an activating group) is 1. The largest absolute Gasteiger partial charge is 0.492 e. The quantitative estimate of drug-likeness (QED) is 0.508. The van der Waals surface area contributed by atoms with E-state index in [0.717, 1.165) is 38.4 Å². The van der Waals surface area contributed by atoms with E-state index in [1.54, 1.807) is 6.07 Å². The first-order chi connectivity index (χ1) is 17.0. The van der Waals surface area contributed by atoms with E-state index < -0.39 is 6.09 Å². The molecule has 2 aromatic rings. The van der Waals surface area contributed by atoms with Crippen LogP contribution in [-0.4, -0.2) is 94.9 Å². The highest BCUT2D eigenvalue weighted by Gasteiger charge is 2.18. The van der Waals surface area contributed by atoms with Crippen LogP contribution in [0.1, 0.15) is 17.3 Å². The number of anilines is 2. The fourth-order valence-electron chi connectivity index (χ4n) is 3.83. The van der Waals surface area contributed by atoms with Gasteiger partial charge in [0.25, 0.3) is 5.91 Å². The van der Waals surface area contributed by atoms with Crippen LogP contribution in [0.15, 0.2) is 48.5 Å². The Labute approximate surface area is 208 Å². The molecule has 0 spiro atoms. The number of nitrogens with zero attached hydrogens (tertiary/aromatic N) is 3. The summed E-state index contributed by atoms with van der Waals surface area (Å²) in [6.07, 6.45) is -0.489. The number of carbonyl (C=O) groups is 2. The minimum atomic E-state index is -0.489. The summed E-state index contributed by atoms with van der Waals surface area (Å²) in [7, 11) is 3.97. The van der Waals surface area contributed by atoms with Gasteiger partial charge in [0.15, 0.2) is 0 Å². The molecule has 9 heteroatoms. The molecule has 2 aromatic carbocycles. The molecule has 0 radical (unpaired) electrons. The topological polar surface area (TPSA) is 86.4 Å². The van der Waals surface area contributed by atoms with Crippen LogP contribution in [0.3, 0.4) is 0 Å². The molecule has 2 amide bonds. The number of hydrogen-bond acceptors (Lipinski definition) is 7. The minimum Gasteiger partial charge on any atom is -0.492 e. The number of para-hydroxylation sites is 2. The second-order valence-electron chi connectivity index (χ2n) is 8.63. The molecule has 0 saturated carbocycles. The number of rotatable bonds is 11. The van der Waals surface area contributed by atoms with Gasteiger partial charge in [-0.25, -0.2) is 4.79 Å². The zero-order chi connectivity index (χ0) is 25.0. The highest BCUT2D eigenvalue weighted by atomic mass is 16.5. The average molecular weight is 484 g/mol. The zero-order valence-electron chi connectivity index (χ0n) is 21.0. The van der Waals surface area contributed by atoms with E-state index in [1.165, 1.54) is 0 Å². The van der Waals surface area contributed by atoms with Gasteiger partial charge in [0.2, 0.25) is 0 Å². The number of ether oxygens (including phenoxy) is 2. The Balaban J connectivity index is 1.39. The summed E-state index contributed by atoms with van der Waals surface area (Å²) in [4.78, 5) is 31.2. The van der Waals surface area contributed by atoms with E-state index in [-0.39, 0.29) is 5.91 Å². The van der Waals surface area contributed by atoms with Gasteiger partial charge in [0, 0.05) is 57.1 Å². The van der Waals surface area contributed by atoms with E-state index in [0.29, 0.717) is 43.3 Å². The van der Waals surface area contributed by atoms with Gasteiger partial charge < -0.3 is 24.6 Å². The Kier molecular flexibility index (Phi) is 10.2. The van der Waals surface area contributed by atoms with Gasteiger partial charge in [-0.3, -0.25) is 15.0 Å². The van der Waals surface area contributed by atoms with Crippen molar-refractivity contribution in [1.82, 2.24) is 15.1 Å². The molecule has 35 heavy (non-hydrogen) atoms. The Hall–Kier alpha value is -3.30. The fourth-order valence-corrected chi connectivity index (χ4v) is 3.83. The molecule has 190 valence electrons. The second-order valence-corrected chi connectivity index (χ2v) is 8.63. The maximum absolute atomic E-state index is 12.4. The van der Waals surface area contributed by atoms with Crippen molar-refractivity contribution in [3.05, 3.63) is 54.1 Å². The number of nitrogens with one attached hydrogen (secondary N) is 2. The predicted octanol–water partition coefficient (Wildman–Crippen LogP) is 2.75. The van der Waals surface area contributed by atoms with E-state index >= 15 is 0 Å². The highest BCUT2D eigenvalue weighted by molar-refractivity contribution is 5.95. The number of amides is 2. The maximum Gasteiger partial charge on any atom is 0.411 e. The SMILES string of the molecule is CCOc1ccccc1NC(=O)OCCN1CCN(c2cccc(C(=O)NCCN(C)C)c2)CC1. The summed E-state index contributed by atoms with van der Waals surface area (Å²) >= 11 is 0. The third-order valence-corrected chi connectivity index (χ3v) is 5.75.